The van der Waals surface area contributed by atoms with E-state index < -0.39 is 25.1 Å². The molecule has 1 saturated heterocycles. The van der Waals surface area contributed by atoms with Crippen LogP contribution in [-0.2, 0) is 19.9 Å². The lowest BCUT2D eigenvalue weighted by atomic mass is 10.2. The Morgan fingerprint density at radius 3 is 2.50 bits per heavy atom. The number of nitrogens with two attached hydrogens (primary N) is 1. The molecule has 2 rings (SSSR count). The number of anilines is 2. The van der Waals surface area contributed by atoms with Crippen LogP contribution in [0.4, 0.5) is 11.5 Å². The van der Waals surface area contributed by atoms with E-state index in [0.29, 0.717) is 0 Å². The number of nitrogen functional groups attached to an aromatic ring is 1. The summed E-state index contributed by atoms with van der Waals surface area (Å²) < 4.78 is 48.8. The Kier molecular flexibility index (Phi) is 3.23. The van der Waals surface area contributed by atoms with Crippen LogP contribution in [0.2, 0.25) is 0 Å². The van der Waals surface area contributed by atoms with Gasteiger partial charge in [-0.05, 0) is 12.8 Å². The Hall–Kier alpha value is -1.29. The maximum atomic E-state index is 12.0. The largest absolute Gasteiger partial charge is 0.394 e. The number of nitrogens with one attached hydrogen (secondary N) is 2. The van der Waals surface area contributed by atoms with E-state index in [-0.39, 0.29) is 35.9 Å². The fourth-order valence-corrected chi connectivity index (χ4v) is 5.04. The summed E-state index contributed by atoms with van der Waals surface area (Å²) in [7, 11) is -6.73. The number of hydrogen-bond donors (Lipinski definition) is 3. The van der Waals surface area contributed by atoms with Gasteiger partial charge in [0.15, 0.2) is 5.82 Å². The van der Waals surface area contributed by atoms with Crippen LogP contribution >= 0.6 is 0 Å². The molecule has 1 aliphatic heterocycles. The zero-order valence-electron chi connectivity index (χ0n) is 9.46. The standard InChI is InChI=1S/C8H14N4O4S2/c9-7-5-10-11-8(7)12-18(15,16)6-1-3-17(13,14)4-2-6/h5-6H,1-4,9H2,(H2,10,11,12). The first-order valence-corrected chi connectivity index (χ1v) is 8.68. The van der Waals surface area contributed by atoms with Crippen molar-refractivity contribution in [2.75, 3.05) is 22.0 Å². The van der Waals surface area contributed by atoms with Crippen LogP contribution in [0.5, 0.6) is 0 Å². The summed E-state index contributed by atoms with van der Waals surface area (Å²) in [6.45, 7) is 0. The van der Waals surface area contributed by atoms with E-state index >= 15 is 0 Å². The van der Waals surface area contributed by atoms with Gasteiger partial charge in [-0.15, -0.1) is 0 Å². The van der Waals surface area contributed by atoms with Gasteiger partial charge < -0.3 is 5.73 Å². The molecule has 0 bridgehead atoms. The molecule has 8 nitrogen and oxygen atoms in total. The minimum Gasteiger partial charge on any atom is -0.394 e. The molecule has 102 valence electrons. The Morgan fingerprint density at radius 1 is 1.39 bits per heavy atom. The lowest BCUT2D eigenvalue weighted by Gasteiger charge is -2.22. The van der Waals surface area contributed by atoms with Gasteiger partial charge in [-0.2, -0.15) is 5.10 Å². The van der Waals surface area contributed by atoms with Crippen LogP contribution in [-0.4, -0.2) is 43.8 Å². The van der Waals surface area contributed by atoms with Crippen molar-refractivity contribution in [2.45, 2.75) is 18.1 Å². The van der Waals surface area contributed by atoms with Crippen molar-refractivity contribution in [1.29, 1.82) is 0 Å². The molecule has 2 heterocycles. The van der Waals surface area contributed by atoms with Gasteiger partial charge in [-0.25, -0.2) is 16.8 Å². The molecule has 0 unspecified atom stereocenters. The van der Waals surface area contributed by atoms with Crippen molar-refractivity contribution in [3.05, 3.63) is 6.20 Å². The number of aromatic nitrogens is 2. The average molecular weight is 294 g/mol. The summed E-state index contributed by atoms with van der Waals surface area (Å²) in [6.07, 6.45) is 1.50. The van der Waals surface area contributed by atoms with Gasteiger partial charge in [0, 0.05) is 0 Å². The molecule has 1 aromatic heterocycles. The third kappa shape index (κ3) is 2.75. The second kappa shape index (κ2) is 4.43. The topological polar surface area (TPSA) is 135 Å². The molecule has 10 heteroatoms. The van der Waals surface area contributed by atoms with Crippen LogP contribution in [0.1, 0.15) is 12.8 Å². The molecule has 1 aromatic rings. The Morgan fingerprint density at radius 2 is 2.00 bits per heavy atom. The highest BCUT2D eigenvalue weighted by Gasteiger charge is 2.33. The number of rotatable bonds is 3. The first-order valence-electron chi connectivity index (χ1n) is 5.31. The predicted molar refractivity (Wildman–Crippen MR) is 67.2 cm³/mol. The first-order chi connectivity index (χ1) is 8.30. The highest BCUT2D eigenvalue weighted by Crippen LogP contribution is 2.22. The van der Waals surface area contributed by atoms with Crippen LogP contribution in [0.15, 0.2) is 6.20 Å². The van der Waals surface area contributed by atoms with Gasteiger partial charge in [0.25, 0.3) is 0 Å². The molecule has 18 heavy (non-hydrogen) atoms. The highest BCUT2D eigenvalue weighted by molar-refractivity contribution is 7.94. The third-order valence-corrected chi connectivity index (χ3v) is 6.41. The van der Waals surface area contributed by atoms with E-state index in [4.69, 9.17) is 5.73 Å². The van der Waals surface area contributed by atoms with Gasteiger partial charge in [0.1, 0.15) is 9.84 Å². The second-order valence-corrected chi connectivity index (χ2v) is 8.46. The average Bonchev–Trinajstić information content (AvgIpc) is 2.63. The normalized spacial score (nSPS) is 20.7. The van der Waals surface area contributed by atoms with Crippen molar-refractivity contribution in [2.24, 2.45) is 0 Å². The van der Waals surface area contributed by atoms with Crippen molar-refractivity contribution >= 4 is 31.4 Å². The van der Waals surface area contributed by atoms with Crippen LogP contribution < -0.4 is 10.5 Å². The number of aromatic amines is 1. The van der Waals surface area contributed by atoms with Crippen molar-refractivity contribution in [1.82, 2.24) is 10.2 Å². The van der Waals surface area contributed by atoms with Gasteiger partial charge in [-0.3, -0.25) is 9.82 Å². The molecular formula is C8H14N4O4S2. The molecule has 0 aliphatic carbocycles. The molecule has 0 radical (unpaired) electrons. The number of nitrogens with zero attached hydrogens (tertiary/aromatic N) is 1. The molecule has 0 atom stereocenters. The maximum Gasteiger partial charge on any atom is 0.236 e. The van der Waals surface area contributed by atoms with Crippen molar-refractivity contribution in [3.8, 4) is 0 Å². The molecule has 0 saturated carbocycles. The van der Waals surface area contributed by atoms with E-state index in [0.717, 1.165) is 0 Å². The van der Waals surface area contributed by atoms with E-state index in [9.17, 15) is 16.8 Å². The molecular weight excluding hydrogens is 280 g/mol. The number of H-pyrrole nitrogens is 1. The molecule has 4 N–H and O–H groups in total. The second-order valence-electron chi connectivity index (χ2n) is 4.20. The van der Waals surface area contributed by atoms with Gasteiger partial charge in [-0.1, -0.05) is 0 Å². The molecule has 1 aliphatic rings. The highest BCUT2D eigenvalue weighted by atomic mass is 32.2. The Labute approximate surface area is 105 Å². The summed E-state index contributed by atoms with van der Waals surface area (Å²) in [6, 6.07) is 0. The zero-order chi connectivity index (χ0) is 13.4. The maximum absolute atomic E-state index is 12.0. The van der Waals surface area contributed by atoms with Gasteiger partial charge in [0.2, 0.25) is 10.0 Å². The van der Waals surface area contributed by atoms with E-state index in [2.05, 4.69) is 14.9 Å². The van der Waals surface area contributed by atoms with Crippen LogP contribution in [0.3, 0.4) is 0 Å². The summed E-state index contributed by atoms with van der Waals surface area (Å²) in [4.78, 5) is 0. The van der Waals surface area contributed by atoms with E-state index in [1.54, 1.807) is 0 Å². The minimum atomic E-state index is -3.64. The summed E-state index contributed by atoms with van der Waals surface area (Å²) >= 11 is 0. The Bertz CT molecular complexity index is 620. The smallest absolute Gasteiger partial charge is 0.236 e. The molecule has 0 spiro atoms. The number of sulfonamides is 1. The van der Waals surface area contributed by atoms with Crippen LogP contribution in [0.25, 0.3) is 0 Å². The van der Waals surface area contributed by atoms with E-state index in [1.165, 1.54) is 6.20 Å². The summed E-state index contributed by atoms with van der Waals surface area (Å²) in [5.74, 6) is -0.0860. The Balaban J connectivity index is 2.11. The summed E-state index contributed by atoms with van der Waals surface area (Å²) in [5.41, 5.74) is 5.70. The molecule has 0 aromatic carbocycles. The van der Waals surface area contributed by atoms with Crippen molar-refractivity contribution < 1.29 is 16.8 Å². The monoisotopic (exact) mass is 294 g/mol. The van der Waals surface area contributed by atoms with Gasteiger partial charge >= 0.3 is 0 Å². The predicted octanol–water partition coefficient (Wildman–Crippen LogP) is -0.689. The third-order valence-electron chi connectivity index (χ3n) is 2.85. The lowest BCUT2D eigenvalue weighted by Crippen LogP contribution is -2.36. The minimum absolute atomic E-state index is 0.100. The summed E-state index contributed by atoms with van der Waals surface area (Å²) in [5, 5.41) is 5.32. The van der Waals surface area contributed by atoms with Crippen LogP contribution in [0, 0.1) is 0 Å². The van der Waals surface area contributed by atoms with Crippen molar-refractivity contribution in [3.63, 3.8) is 0 Å². The SMILES string of the molecule is Nc1cn[nH]c1NS(=O)(=O)C1CCS(=O)(=O)CC1. The fourth-order valence-electron chi connectivity index (χ4n) is 1.78. The van der Waals surface area contributed by atoms with E-state index in [1.807, 2.05) is 0 Å². The molecule has 0 amide bonds. The first kappa shape index (κ1) is 13.1. The molecule has 1 fully saturated rings. The zero-order valence-corrected chi connectivity index (χ0v) is 11.1. The number of hydrogen-bond acceptors (Lipinski definition) is 6. The van der Waals surface area contributed by atoms with Gasteiger partial charge in [0.05, 0.1) is 28.6 Å². The lowest BCUT2D eigenvalue weighted by molar-refractivity contribution is 0.555. The fraction of sp³-hybridized carbons (Fsp3) is 0.625. The number of sulfone groups is 1. The quantitative estimate of drug-likeness (QED) is 0.675.